The molecule has 1 N–H and O–H groups in total. The van der Waals surface area contributed by atoms with Crippen molar-refractivity contribution in [2.45, 2.75) is 44.7 Å². The number of amides is 1. The van der Waals surface area contributed by atoms with E-state index in [0.29, 0.717) is 0 Å². The Balaban J connectivity index is 1.77. The van der Waals surface area contributed by atoms with Crippen LogP contribution in [0.4, 0.5) is 4.39 Å². The quantitative estimate of drug-likeness (QED) is 0.884. The van der Waals surface area contributed by atoms with E-state index in [4.69, 9.17) is 0 Å². The van der Waals surface area contributed by atoms with Crippen LogP contribution >= 0.6 is 0 Å². The van der Waals surface area contributed by atoms with Crippen molar-refractivity contribution >= 4 is 5.91 Å². The van der Waals surface area contributed by atoms with Gasteiger partial charge in [0.2, 0.25) is 5.91 Å². The summed E-state index contributed by atoms with van der Waals surface area (Å²) in [5, 5.41) is 3.50. The van der Waals surface area contributed by atoms with Crippen molar-refractivity contribution in [2.24, 2.45) is 0 Å². The maximum absolute atomic E-state index is 13.2. The van der Waals surface area contributed by atoms with Crippen molar-refractivity contribution in [3.05, 3.63) is 54.1 Å². The smallest absolute Gasteiger partial charge is 0.242 e. The molecule has 2 atom stereocenters. The lowest BCUT2D eigenvalue weighted by Gasteiger charge is -2.30. The van der Waals surface area contributed by atoms with Gasteiger partial charge >= 0.3 is 0 Å². The van der Waals surface area contributed by atoms with E-state index in [9.17, 15) is 9.18 Å². The van der Waals surface area contributed by atoms with Crippen LogP contribution in [0.5, 0.6) is 0 Å². The van der Waals surface area contributed by atoms with E-state index in [1.165, 1.54) is 12.1 Å². The second-order valence-corrected chi connectivity index (χ2v) is 7.27. The summed E-state index contributed by atoms with van der Waals surface area (Å²) in [5.74, 6) is -0.109. The van der Waals surface area contributed by atoms with Gasteiger partial charge in [0.25, 0.3) is 0 Å². The molecule has 2 heterocycles. The molecule has 5 heteroatoms. The molecule has 0 unspecified atom stereocenters. The van der Waals surface area contributed by atoms with Crippen molar-refractivity contribution in [3.8, 4) is 11.1 Å². The maximum atomic E-state index is 13.2. The van der Waals surface area contributed by atoms with E-state index < -0.39 is 5.54 Å². The molecular weight excluding hydrogens is 329 g/mol. The minimum atomic E-state index is -0.553. The second kappa shape index (κ2) is 7.54. The number of rotatable bonds is 5. The van der Waals surface area contributed by atoms with Crippen LogP contribution in [0.15, 0.2) is 42.6 Å². The Hall–Kier alpha value is -2.27. The first-order valence-electron chi connectivity index (χ1n) is 9.18. The van der Waals surface area contributed by atoms with Gasteiger partial charge in [-0.3, -0.25) is 15.1 Å². The van der Waals surface area contributed by atoms with Gasteiger partial charge in [0, 0.05) is 19.8 Å². The lowest BCUT2D eigenvalue weighted by molar-refractivity contribution is -0.136. The van der Waals surface area contributed by atoms with Gasteiger partial charge < -0.3 is 4.90 Å². The first-order chi connectivity index (χ1) is 12.4. The molecule has 0 radical (unpaired) electrons. The summed E-state index contributed by atoms with van der Waals surface area (Å²) in [5.41, 5.74) is 2.32. The average molecular weight is 355 g/mol. The maximum Gasteiger partial charge on any atom is 0.242 e. The number of pyridine rings is 1. The van der Waals surface area contributed by atoms with E-state index in [2.05, 4.69) is 17.2 Å². The summed E-state index contributed by atoms with van der Waals surface area (Å²) < 4.78 is 13.2. The highest BCUT2D eigenvalue weighted by atomic mass is 19.1. The molecule has 1 aromatic carbocycles. The van der Waals surface area contributed by atoms with Gasteiger partial charge in [0.1, 0.15) is 5.82 Å². The minimum Gasteiger partial charge on any atom is -0.344 e. The number of halogens is 1. The van der Waals surface area contributed by atoms with Gasteiger partial charge in [-0.1, -0.05) is 19.1 Å². The average Bonchev–Trinajstić information content (AvgIpc) is 3.05. The van der Waals surface area contributed by atoms with E-state index in [-0.39, 0.29) is 17.8 Å². The molecule has 0 aliphatic carbocycles. The SMILES string of the molecule is CCCN(C)C(=O)[C@@]1(C)CC[C@@H](c2cc(-c3ccc(F)cc3)ccn2)N1. The third-order valence-electron chi connectivity index (χ3n) is 5.12. The Bertz CT molecular complexity index is 777. The highest BCUT2D eigenvalue weighted by molar-refractivity contribution is 5.86. The third-order valence-corrected chi connectivity index (χ3v) is 5.12. The lowest BCUT2D eigenvalue weighted by Crippen LogP contribution is -2.52. The van der Waals surface area contributed by atoms with Crippen molar-refractivity contribution < 1.29 is 9.18 Å². The monoisotopic (exact) mass is 355 g/mol. The fraction of sp³-hybridized carbons (Fsp3) is 0.429. The van der Waals surface area contributed by atoms with Crippen LogP contribution in [-0.2, 0) is 4.79 Å². The van der Waals surface area contributed by atoms with Crippen molar-refractivity contribution in [1.29, 1.82) is 0 Å². The van der Waals surface area contributed by atoms with Gasteiger partial charge in [-0.15, -0.1) is 0 Å². The molecule has 1 saturated heterocycles. The summed E-state index contributed by atoms with van der Waals surface area (Å²) in [7, 11) is 1.86. The number of hydrogen-bond donors (Lipinski definition) is 1. The number of carbonyl (C=O) groups is 1. The molecule has 1 aliphatic rings. The molecular formula is C21H26FN3O. The van der Waals surface area contributed by atoms with Crippen LogP contribution in [0, 0.1) is 5.82 Å². The number of nitrogens with zero attached hydrogens (tertiary/aromatic N) is 2. The van der Waals surface area contributed by atoms with Gasteiger partial charge in [-0.25, -0.2) is 4.39 Å². The van der Waals surface area contributed by atoms with Crippen molar-refractivity contribution in [1.82, 2.24) is 15.2 Å². The van der Waals surface area contributed by atoms with Crippen LogP contribution in [0.3, 0.4) is 0 Å². The van der Waals surface area contributed by atoms with Gasteiger partial charge in [-0.05, 0) is 61.6 Å². The summed E-state index contributed by atoms with van der Waals surface area (Å²) in [6, 6.07) is 10.4. The van der Waals surface area contributed by atoms with E-state index in [0.717, 1.165) is 42.6 Å². The highest BCUT2D eigenvalue weighted by Gasteiger charge is 2.42. The van der Waals surface area contributed by atoms with Gasteiger partial charge in [0.05, 0.1) is 17.3 Å². The number of benzene rings is 1. The summed E-state index contributed by atoms with van der Waals surface area (Å²) in [4.78, 5) is 19.1. The molecule has 1 amide bonds. The predicted molar refractivity (Wildman–Crippen MR) is 101 cm³/mol. The second-order valence-electron chi connectivity index (χ2n) is 7.27. The molecule has 1 aromatic heterocycles. The fourth-order valence-electron chi connectivity index (χ4n) is 3.67. The Morgan fingerprint density at radius 2 is 2.04 bits per heavy atom. The van der Waals surface area contributed by atoms with E-state index >= 15 is 0 Å². The standard InChI is InChI=1S/C21H26FN3O/c1-4-13-25(3)20(26)21(2)11-9-18(24-21)19-14-16(10-12-23-19)15-5-7-17(22)8-6-15/h5-8,10,12,14,18,24H,4,9,11,13H2,1-3H3/t18-,21+/m0/s1. The molecule has 4 nitrogen and oxygen atoms in total. The topological polar surface area (TPSA) is 45.2 Å². The zero-order valence-electron chi connectivity index (χ0n) is 15.6. The lowest BCUT2D eigenvalue weighted by atomic mass is 9.98. The Morgan fingerprint density at radius 1 is 1.31 bits per heavy atom. The highest BCUT2D eigenvalue weighted by Crippen LogP contribution is 2.34. The molecule has 2 aromatic rings. The number of hydrogen-bond acceptors (Lipinski definition) is 3. The van der Waals surface area contributed by atoms with Gasteiger partial charge in [0.15, 0.2) is 0 Å². The van der Waals surface area contributed by atoms with Crippen LogP contribution in [0.1, 0.15) is 44.8 Å². The molecule has 0 bridgehead atoms. The van der Waals surface area contributed by atoms with Crippen LogP contribution in [0.2, 0.25) is 0 Å². The zero-order chi connectivity index (χ0) is 18.7. The summed E-state index contributed by atoms with van der Waals surface area (Å²) in [6.07, 6.45) is 4.37. The number of aromatic nitrogens is 1. The predicted octanol–water partition coefficient (Wildman–Crippen LogP) is 3.94. The first kappa shape index (κ1) is 18.5. The normalized spacial score (nSPS) is 22.4. The van der Waals surface area contributed by atoms with Crippen LogP contribution in [-0.4, -0.2) is 34.9 Å². The molecule has 1 aliphatic heterocycles. The summed E-state index contributed by atoms with van der Waals surface area (Å²) in [6.45, 7) is 4.81. The van der Waals surface area contributed by atoms with Crippen molar-refractivity contribution in [2.75, 3.05) is 13.6 Å². The number of likely N-dealkylation sites (N-methyl/N-ethyl adjacent to an activating group) is 1. The Morgan fingerprint density at radius 3 is 2.73 bits per heavy atom. The minimum absolute atomic E-state index is 0.0411. The van der Waals surface area contributed by atoms with Gasteiger partial charge in [-0.2, -0.15) is 0 Å². The number of nitrogens with one attached hydrogen (secondary N) is 1. The zero-order valence-corrected chi connectivity index (χ0v) is 15.6. The Labute approximate surface area is 154 Å². The molecule has 26 heavy (non-hydrogen) atoms. The van der Waals surface area contributed by atoms with Crippen LogP contribution in [0.25, 0.3) is 11.1 Å². The molecule has 138 valence electrons. The number of carbonyl (C=O) groups excluding carboxylic acids is 1. The van der Waals surface area contributed by atoms with E-state index in [1.54, 1.807) is 23.2 Å². The molecule has 0 saturated carbocycles. The van der Waals surface area contributed by atoms with Crippen molar-refractivity contribution in [3.63, 3.8) is 0 Å². The Kier molecular flexibility index (Phi) is 5.37. The summed E-state index contributed by atoms with van der Waals surface area (Å²) >= 11 is 0. The largest absolute Gasteiger partial charge is 0.344 e. The van der Waals surface area contributed by atoms with E-state index in [1.807, 2.05) is 26.1 Å². The molecule has 1 fully saturated rings. The fourth-order valence-corrected chi connectivity index (χ4v) is 3.67. The molecule has 0 spiro atoms. The van der Waals surface area contributed by atoms with Crippen LogP contribution < -0.4 is 5.32 Å². The first-order valence-corrected chi connectivity index (χ1v) is 9.18. The third kappa shape index (κ3) is 3.78. The molecule has 3 rings (SSSR count).